The van der Waals surface area contributed by atoms with Gasteiger partial charge in [0.1, 0.15) is 21.8 Å². The number of fused-ring (bicyclic) bond motifs is 1. The molecule has 0 aliphatic heterocycles. The standard InChI is InChI=1S/C20H22BrN3O3/c1-11(2)18(19-22-13-7-5-6-8-14(13)23-19)24-20(25)12-9-15(26-3)17(21)16(10-12)27-4/h5-11,18H,1-4H3,(H,22,23)(H,24,25). The van der Waals surface area contributed by atoms with Crippen molar-refractivity contribution < 1.29 is 14.3 Å². The zero-order valence-corrected chi connectivity index (χ0v) is 17.3. The van der Waals surface area contributed by atoms with Crippen LogP contribution < -0.4 is 14.8 Å². The molecule has 0 bridgehead atoms. The van der Waals surface area contributed by atoms with E-state index in [1.807, 2.05) is 38.1 Å². The van der Waals surface area contributed by atoms with Crippen LogP contribution in [-0.2, 0) is 0 Å². The lowest BCUT2D eigenvalue weighted by atomic mass is 10.0. The van der Waals surface area contributed by atoms with Crippen LogP contribution in [0.5, 0.6) is 11.5 Å². The second-order valence-corrected chi connectivity index (χ2v) is 7.32. The molecule has 6 nitrogen and oxygen atoms in total. The van der Waals surface area contributed by atoms with Gasteiger partial charge in [-0.1, -0.05) is 26.0 Å². The van der Waals surface area contributed by atoms with Gasteiger partial charge in [-0.05, 0) is 46.1 Å². The van der Waals surface area contributed by atoms with E-state index in [4.69, 9.17) is 9.47 Å². The lowest BCUT2D eigenvalue weighted by Gasteiger charge is -2.21. The monoisotopic (exact) mass is 431 g/mol. The summed E-state index contributed by atoms with van der Waals surface area (Å²) >= 11 is 3.42. The average molecular weight is 432 g/mol. The minimum Gasteiger partial charge on any atom is -0.495 e. The van der Waals surface area contributed by atoms with Crippen molar-refractivity contribution in [3.8, 4) is 11.5 Å². The Morgan fingerprint density at radius 3 is 2.33 bits per heavy atom. The number of H-pyrrole nitrogens is 1. The number of amides is 1. The molecular weight excluding hydrogens is 410 g/mol. The summed E-state index contributed by atoms with van der Waals surface area (Å²) < 4.78 is 11.3. The second kappa shape index (κ2) is 8.00. The van der Waals surface area contributed by atoms with E-state index in [-0.39, 0.29) is 17.9 Å². The largest absolute Gasteiger partial charge is 0.495 e. The fourth-order valence-electron chi connectivity index (χ4n) is 2.90. The van der Waals surface area contributed by atoms with E-state index in [2.05, 4.69) is 31.2 Å². The van der Waals surface area contributed by atoms with Gasteiger partial charge < -0.3 is 19.8 Å². The highest BCUT2D eigenvalue weighted by atomic mass is 79.9. The third kappa shape index (κ3) is 3.93. The summed E-state index contributed by atoms with van der Waals surface area (Å²) in [6.07, 6.45) is 0. The lowest BCUT2D eigenvalue weighted by molar-refractivity contribution is 0.0922. The van der Waals surface area contributed by atoms with Gasteiger partial charge in [0.15, 0.2) is 0 Å². The number of para-hydroxylation sites is 2. The number of aromatic amines is 1. The Balaban J connectivity index is 1.92. The summed E-state index contributed by atoms with van der Waals surface area (Å²) in [7, 11) is 3.10. The molecule has 0 fully saturated rings. The number of hydrogen-bond donors (Lipinski definition) is 2. The first-order valence-corrected chi connectivity index (χ1v) is 9.41. The Hall–Kier alpha value is -2.54. The van der Waals surface area contributed by atoms with Crippen LogP contribution in [0.1, 0.15) is 36.1 Å². The summed E-state index contributed by atoms with van der Waals surface area (Å²) in [6, 6.07) is 10.9. The fourth-order valence-corrected chi connectivity index (χ4v) is 3.45. The molecule has 1 amide bonds. The van der Waals surface area contributed by atoms with Gasteiger partial charge in [0, 0.05) is 5.56 Å². The van der Waals surface area contributed by atoms with Crippen LogP contribution in [-0.4, -0.2) is 30.1 Å². The average Bonchev–Trinajstić information content (AvgIpc) is 3.09. The van der Waals surface area contributed by atoms with E-state index in [0.717, 1.165) is 16.9 Å². The SMILES string of the molecule is COc1cc(C(=O)NC(c2nc3ccccc3[nH]2)C(C)C)cc(OC)c1Br. The number of carbonyl (C=O) groups is 1. The van der Waals surface area contributed by atoms with Gasteiger partial charge in [0.2, 0.25) is 0 Å². The number of halogens is 1. The van der Waals surface area contributed by atoms with E-state index in [9.17, 15) is 4.79 Å². The number of carbonyl (C=O) groups excluding carboxylic acids is 1. The molecule has 1 aromatic heterocycles. The number of imidazole rings is 1. The number of nitrogens with one attached hydrogen (secondary N) is 2. The number of rotatable bonds is 6. The maximum atomic E-state index is 12.9. The Kier molecular flexibility index (Phi) is 5.70. The smallest absolute Gasteiger partial charge is 0.252 e. The van der Waals surface area contributed by atoms with Crippen LogP contribution in [0, 0.1) is 5.92 Å². The maximum absolute atomic E-state index is 12.9. The van der Waals surface area contributed by atoms with Crippen molar-refractivity contribution in [2.45, 2.75) is 19.9 Å². The maximum Gasteiger partial charge on any atom is 0.252 e. The van der Waals surface area contributed by atoms with Crippen molar-refractivity contribution in [1.29, 1.82) is 0 Å². The highest BCUT2D eigenvalue weighted by Crippen LogP contribution is 2.36. The second-order valence-electron chi connectivity index (χ2n) is 6.53. The minimum atomic E-state index is -0.259. The quantitative estimate of drug-likeness (QED) is 0.603. The third-order valence-electron chi connectivity index (χ3n) is 4.36. The number of nitrogens with zero attached hydrogens (tertiary/aromatic N) is 1. The predicted molar refractivity (Wildman–Crippen MR) is 108 cm³/mol. The van der Waals surface area contributed by atoms with E-state index in [1.165, 1.54) is 0 Å². The first kappa shape index (κ1) is 19.2. The van der Waals surface area contributed by atoms with Crippen LogP contribution in [0.2, 0.25) is 0 Å². The number of aromatic nitrogens is 2. The van der Waals surface area contributed by atoms with Gasteiger partial charge in [-0.15, -0.1) is 0 Å². The van der Waals surface area contributed by atoms with E-state index in [1.54, 1.807) is 26.4 Å². The summed E-state index contributed by atoms with van der Waals surface area (Å²) in [6.45, 7) is 4.09. The van der Waals surface area contributed by atoms with E-state index < -0.39 is 0 Å². The summed E-state index contributed by atoms with van der Waals surface area (Å²) in [5.41, 5.74) is 2.27. The summed E-state index contributed by atoms with van der Waals surface area (Å²) in [5.74, 6) is 1.72. The molecule has 7 heteroatoms. The van der Waals surface area contributed by atoms with Crippen molar-refractivity contribution in [2.75, 3.05) is 14.2 Å². The molecule has 1 unspecified atom stereocenters. The first-order chi connectivity index (χ1) is 12.9. The zero-order valence-electron chi connectivity index (χ0n) is 15.7. The Morgan fingerprint density at radius 1 is 1.15 bits per heavy atom. The van der Waals surface area contributed by atoms with Gasteiger partial charge in [-0.3, -0.25) is 4.79 Å². The molecule has 3 rings (SSSR count). The van der Waals surface area contributed by atoms with Gasteiger partial charge in [-0.2, -0.15) is 0 Å². The van der Waals surface area contributed by atoms with Crippen molar-refractivity contribution >= 4 is 32.9 Å². The highest BCUT2D eigenvalue weighted by Gasteiger charge is 2.23. The molecule has 1 atom stereocenters. The van der Waals surface area contributed by atoms with Crippen molar-refractivity contribution in [2.24, 2.45) is 5.92 Å². The first-order valence-electron chi connectivity index (χ1n) is 8.61. The fraction of sp³-hybridized carbons (Fsp3) is 0.300. The summed E-state index contributed by atoms with van der Waals surface area (Å²) in [4.78, 5) is 20.9. The van der Waals surface area contributed by atoms with Crippen LogP contribution in [0.4, 0.5) is 0 Å². The molecule has 0 aliphatic carbocycles. The molecule has 2 N–H and O–H groups in total. The normalized spacial score (nSPS) is 12.2. The molecule has 0 saturated carbocycles. The molecule has 3 aromatic rings. The van der Waals surface area contributed by atoms with Crippen molar-refractivity contribution in [1.82, 2.24) is 15.3 Å². The Morgan fingerprint density at radius 2 is 1.78 bits per heavy atom. The number of ether oxygens (including phenoxy) is 2. The minimum absolute atomic E-state index is 0.147. The van der Waals surface area contributed by atoms with E-state index >= 15 is 0 Å². The number of hydrogen-bond acceptors (Lipinski definition) is 4. The molecule has 0 radical (unpaired) electrons. The Bertz CT molecular complexity index is 910. The van der Waals surface area contributed by atoms with Gasteiger partial charge in [0.25, 0.3) is 5.91 Å². The van der Waals surface area contributed by atoms with Crippen LogP contribution in [0.3, 0.4) is 0 Å². The summed E-state index contributed by atoms with van der Waals surface area (Å²) in [5, 5.41) is 3.07. The van der Waals surface area contributed by atoms with Gasteiger partial charge in [0.05, 0.1) is 31.3 Å². The molecule has 2 aromatic carbocycles. The molecule has 0 spiro atoms. The Labute approximate surface area is 166 Å². The molecule has 142 valence electrons. The molecule has 27 heavy (non-hydrogen) atoms. The lowest BCUT2D eigenvalue weighted by Crippen LogP contribution is -2.32. The van der Waals surface area contributed by atoms with Crippen LogP contribution in [0.25, 0.3) is 11.0 Å². The topological polar surface area (TPSA) is 76.2 Å². The molecular formula is C20H22BrN3O3. The number of methoxy groups -OCH3 is 2. The van der Waals surface area contributed by atoms with Crippen molar-refractivity contribution in [3.63, 3.8) is 0 Å². The molecule has 0 saturated heterocycles. The third-order valence-corrected chi connectivity index (χ3v) is 5.14. The van der Waals surface area contributed by atoms with Crippen molar-refractivity contribution in [3.05, 3.63) is 52.3 Å². The highest BCUT2D eigenvalue weighted by molar-refractivity contribution is 9.10. The zero-order chi connectivity index (χ0) is 19.6. The van der Waals surface area contributed by atoms with Crippen LogP contribution >= 0.6 is 15.9 Å². The van der Waals surface area contributed by atoms with Gasteiger partial charge >= 0.3 is 0 Å². The predicted octanol–water partition coefficient (Wildman–Crippen LogP) is 4.47. The molecule has 0 aliphatic rings. The van der Waals surface area contributed by atoms with Gasteiger partial charge in [-0.25, -0.2) is 4.98 Å². The van der Waals surface area contributed by atoms with Crippen LogP contribution in [0.15, 0.2) is 40.9 Å². The van der Waals surface area contributed by atoms with E-state index in [0.29, 0.717) is 21.5 Å². The molecule has 1 heterocycles. The number of benzene rings is 2.